The number of hydrogen-bond acceptors (Lipinski definition) is 5. The topological polar surface area (TPSA) is 70.0 Å². The molecule has 0 saturated carbocycles. The van der Waals surface area contributed by atoms with Crippen molar-refractivity contribution >= 4 is 50.7 Å². The van der Waals surface area contributed by atoms with Crippen molar-refractivity contribution < 1.29 is 9.59 Å². The number of ketones is 1. The molecule has 0 radical (unpaired) electrons. The minimum absolute atomic E-state index is 0.0465. The summed E-state index contributed by atoms with van der Waals surface area (Å²) in [6.45, 7) is 0. The number of halogens is 1. The molecule has 1 aromatic carbocycles. The summed E-state index contributed by atoms with van der Waals surface area (Å²) >= 11 is 6.08. The molecule has 2 aromatic rings. The lowest BCUT2D eigenvalue weighted by Crippen LogP contribution is -2.31. The number of hydrogen-bond donors (Lipinski definition) is 1. The number of benzene rings is 1. The average Bonchev–Trinajstić information content (AvgIpc) is 3.14. The Hall–Kier alpha value is -1.88. The van der Waals surface area contributed by atoms with Gasteiger partial charge in [-0.05, 0) is 23.6 Å². The quantitative estimate of drug-likeness (QED) is 0.707. The van der Waals surface area contributed by atoms with Gasteiger partial charge in [-0.3, -0.25) is 9.59 Å². The van der Waals surface area contributed by atoms with E-state index in [2.05, 4.69) is 27.3 Å². The summed E-state index contributed by atoms with van der Waals surface area (Å²) < 4.78 is 0.907. The monoisotopic (exact) mass is 432 g/mol. The molecular weight excluding hydrogens is 420 g/mol. The van der Waals surface area contributed by atoms with Gasteiger partial charge >= 0.3 is 0 Å². The van der Waals surface area contributed by atoms with Gasteiger partial charge in [0.25, 0.3) is 0 Å². The van der Waals surface area contributed by atoms with Crippen LogP contribution in [-0.2, 0) is 4.79 Å². The molecule has 0 fully saturated rings. The number of allylic oxidation sites excluding steroid dienone is 1. The van der Waals surface area contributed by atoms with Crippen LogP contribution in [-0.4, -0.2) is 17.4 Å². The second-order valence-corrected chi connectivity index (χ2v) is 8.27. The molecule has 2 heterocycles. The number of Topliss-reactive ketones (excluding diaryl/α,β-unsaturated/α-hetero) is 1. The van der Waals surface area contributed by atoms with E-state index in [1.165, 1.54) is 23.1 Å². The second-order valence-electron chi connectivity index (χ2n) is 5.39. The number of nitrogens with zero attached hydrogens (tertiary/aromatic N) is 1. The molecule has 1 atom stereocenters. The van der Waals surface area contributed by atoms with Crippen molar-refractivity contribution in [1.29, 1.82) is 5.26 Å². The van der Waals surface area contributed by atoms with E-state index >= 15 is 0 Å². The van der Waals surface area contributed by atoms with Crippen molar-refractivity contribution in [2.75, 3.05) is 5.75 Å². The van der Waals surface area contributed by atoms with Gasteiger partial charge in [-0.1, -0.05) is 45.9 Å². The maximum absolute atomic E-state index is 12.3. The molecule has 25 heavy (non-hydrogen) atoms. The van der Waals surface area contributed by atoms with Crippen molar-refractivity contribution in [2.45, 2.75) is 12.3 Å². The fourth-order valence-electron chi connectivity index (χ4n) is 2.52. The van der Waals surface area contributed by atoms with Crippen molar-refractivity contribution in [2.24, 2.45) is 0 Å². The molecule has 1 aliphatic heterocycles. The van der Waals surface area contributed by atoms with Crippen LogP contribution in [0.4, 0.5) is 0 Å². The predicted octanol–water partition coefficient (Wildman–Crippen LogP) is 4.47. The summed E-state index contributed by atoms with van der Waals surface area (Å²) in [6, 6.07) is 13.2. The first-order chi connectivity index (χ1) is 12.1. The minimum Gasteiger partial charge on any atom is -0.320 e. The summed E-state index contributed by atoms with van der Waals surface area (Å²) in [5, 5.41) is 14.7. The number of carbonyl (C=O) groups excluding carboxylic acids is 2. The number of amides is 1. The maximum atomic E-state index is 12.3. The standard InChI is InChI=1S/C18H13BrN2O2S2/c19-12-5-3-11(4-6-12)15(22)10-25-18-14(9-20)13(8-17(23)21-18)16-2-1-7-24-16/h1-7,13H,8,10H2,(H,21,23). The highest BCUT2D eigenvalue weighted by Gasteiger charge is 2.30. The molecule has 4 nitrogen and oxygen atoms in total. The third-order valence-electron chi connectivity index (χ3n) is 3.76. The lowest BCUT2D eigenvalue weighted by Gasteiger charge is -2.23. The van der Waals surface area contributed by atoms with Gasteiger partial charge in [-0.2, -0.15) is 5.26 Å². The highest BCUT2D eigenvalue weighted by atomic mass is 79.9. The van der Waals surface area contributed by atoms with Crippen LogP contribution in [0, 0.1) is 11.3 Å². The smallest absolute Gasteiger partial charge is 0.225 e. The fourth-order valence-corrected chi connectivity index (χ4v) is 4.60. The molecule has 0 saturated heterocycles. The zero-order valence-electron chi connectivity index (χ0n) is 13.0. The first kappa shape index (κ1) is 17.9. The van der Waals surface area contributed by atoms with E-state index in [0.29, 0.717) is 16.2 Å². The summed E-state index contributed by atoms with van der Waals surface area (Å²) in [5.41, 5.74) is 1.13. The average molecular weight is 433 g/mol. The van der Waals surface area contributed by atoms with Crippen LogP contribution in [0.1, 0.15) is 27.6 Å². The van der Waals surface area contributed by atoms with Gasteiger partial charge in [-0.25, -0.2) is 0 Å². The molecule has 7 heteroatoms. The predicted molar refractivity (Wildman–Crippen MR) is 103 cm³/mol. The Morgan fingerprint density at radius 3 is 2.76 bits per heavy atom. The molecule has 1 unspecified atom stereocenters. The van der Waals surface area contributed by atoms with Gasteiger partial charge in [0.05, 0.1) is 22.4 Å². The van der Waals surface area contributed by atoms with E-state index in [1.54, 1.807) is 12.1 Å². The van der Waals surface area contributed by atoms with Crippen LogP contribution < -0.4 is 5.32 Å². The lowest BCUT2D eigenvalue weighted by atomic mass is 9.93. The van der Waals surface area contributed by atoms with Crippen LogP contribution in [0.3, 0.4) is 0 Å². The number of carbonyl (C=O) groups is 2. The number of nitrogens with one attached hydrogen (secondary N) is 1. The van der Waals surface area contributed by atoms with Crippen molar-refractivity contribution in [3.8, 4) is 6.07 Å². The molecule has 1 aromatic heterocycles. The van der Waals surface area contributed by atoms with Crippen LogP contribution in [0.25, 0.3) is 0 Å². The van der Waals surface area contributed by atoms with E-state index in [0.717, 1.165) is 9.35 Å². The molecule has 1 N–H and O–H groups in total. The van der Waals surface area contributed by atoms with E-state index in [9.17, 15) is 14.9 Å². The van der Waals surface area contributed by atoms with E-state index in [4.69, 9.17) is 0 Å². The Morgan fingerprint density at radius 2 is 2.12 bits per heavy atom. The van der Waals surface area contributed by atoms with Gasteiger partial charge in [-0.15, -0.1) is 11.3 Å². The number of rotatable bonds is 5. The first-order valence-corrected chi connectivity index (χ1v) is 10.1. The highest BCUT2D eigenvalue weighted by Crippen LogP contribution is 2.37. The molecular formula is C18H13BrN2O2S2. The molecule has 126 valence electrons. The van der Waals surface area contributed by atoms with Crippen molar-refractivity contribution in [3.63, 3.8) is 0 Å². The zero-order valence-corrected chi connectivity index (χ0v) is 16.2. The van der Waals surface area contributed by atoms with Crippen LogP contribution in [0.2, 0.25) is 0 Å². The molecule has 3 rings (SSSR count). The van der Waals surface area contributed by atoms with Gasteiger partial charge < -0.3 is 5.32 Å². The Labute approximate surface area is 162 Å². The SMILES string of the molecule is N#CC1=C(SCC(=O)c2ccc(Br)cc2)NC(=O)CC1c1cccs1. The molecule has 0 aliphatic carbocycles. The van der Waals surface area contributed by atoms with Gasteiger partial charge in [0.2, 0.25) is 5.91 Å². The zero-order chi connectivity index (χ0) is 17.8. The fraction of sp³-hybridized carbons (Fsp3) is 0.167. The minimum atomic E-state index is -0.232. The summed E-state index contributed by atoms with van der Waals surface area (Å²) in [6.07, 6.45) is 0.258. The molecule has 0 bridgehead atoms. The normalized spacial score (nSPS) is 17.1. The molecule has 0 spiro atoms. The van der Waals surface area contributed by atoms with Gasteiger partial charge in [0, 0.05) is 27.3 Å². The Bertz CT molecular complexity index is 867. The third kappa shape index (κ3) is 4.21. The highest BCUT2D eigenvalue weighted by molar-refractivity contribution is 9.10. The van der Waals surface area contributed by atoms with Crippen LogP contribution in [0.5, 0.6) is 0 Å². The van der Waals surface area contributed by atoms with Crippen molar-refractivity contribution in [3.05, 3.63) is 67.3 Å². The van der Waals surface area contributed by atoms with E-state index in [-0.39, 0.29) is 29.8 Å². The molecule has 1 amide bonds. The van der Waals surface area contributed by atoms with Crippen LogP contribution >= 0.6 is 39.0 Å². The van der Waals surface area contributed by atoms with Gasteiger partial charge in [0.1, 0.15) is 0 Å². The molecule has 1 aliphatic rings. The summed E-state index contributed by atoms with van der Waals surface area (Å²) in [5.74, 6) is -0.241. The first-order valence-electron chi connectivity index (χ1n) is 7.47. The number of thioether (sulfide) groups is 1. The number of nitriles is 1. The van der Waals surface area contributed by atoms with Crippen LogP contribution in [0.15, 0.2) is 56.9 Å². The third-order valence-corrected chi connectivity index (χ3v) is 6.29. The summed E-state index contributed by atoms with van der Waals surface area (Å²) in [4.78, 5) is 25.4. The van der Waals surface area contributed by atoms with E-state index in [1.807, 2.05) is 29.6 Å². The largest absolute Gasteiger partial charge is 0.320 e. The number of thiophene rings is 1. The second kappa shape index (κ2) is 8.00. The van der Waals surface area contributed by atoms with Gasteiger partial charge in [0.15, 0.2) is 5.78 Å². The maximum Gasteiger partial charge on any atom is 0.225 e. The Morgan fingerprint density at radius 1 is 1.36 bits per heavy atom. The van der Waals surface area contributed by atoms with E-state index < -0.39 is 0 Å². The Kier molecular flexibility index (Phi) is 5.74. The Balaban J connectivity index is 1.79. The lowest BCUT2D eigenvalue weighted by molar-refractivity contribution is -0.120. The van der Waals surface area contributed by atoms with Crippen molar-refractivity contribution in [1.82, 2.24) is 5.32 Å². The summed E-state index contributed by atoms with van der Waals surface area (Å²) in [7, 11) is 0.